The van der Waals surface area contributed by atoms with Gasteiger partial charge in [0.2, 0.25) is 0 Å². The maximum atomic E-state index is 13.9. The third-order valence-corrected chi connectivity index (χ3v) is 5.00. The zero-order chi connectivity index (χ0) is 21.3. The van der Waals surface area contributed by atoms with Gasteiger partial charge in [0, 0.05) is 29.5 Å². The Hall–Kier alpha value is -3.74. The summed E-state index contributed by atoms with van der Waals surface area (Å²) in [4.78, 5) is 27.0. The number of nitrogens with one attached hydrogen (secondary N) is 1. The summed E-state index contributed by atoms with van der Waals surface area (Å²) in [7, 11) is 1.56. The quantitative estimate of drug-likeness (QED) is 0.695. The van der Waals surface area contributed by atoms with E-state index in [0.29, 0.717) is 41.7 Å². The third kappa shape index (κ3) is 3.74. The van der Waals surface area contributed by atoms with Crippen LogP contribution in [0.5, 0.6) is 5.75 Å². The summed E-state index contributed by atoms with van der Waals surface area (Å²) in [5, 5.41) is 2.61. The number of methoxy groups -OCH3 is 1. The van der Waals surface area contributed by atoms with Crippen LogP contribution in [0.4, 0.5) is 20.2 Å². The van der Waals surface area contributed by atoms with E-state index in [0.717, 1.165) is 17.7 Å². The van der Waals surface area contributed by atoms with Gasteiger partial charge in [-0.1, -0.05) is 6.07 Å². The molecule has 1 aliphatic rings. The lowest BCUT2D eigenvalue weighted by atomic mass is 10.1. The Labute approximate surface area is 171 Å². The lowest BCUT2D eigenvalue weighted by Crippen LogP contribution is -2.28. The minimum Gasteiger partial charge on any atom is -0.497 e. The van der Waals surface area contributed by atoms with Gasteiger partial charge in [0.05, 0.1) is 12.7 Å². The molecule has 0 saturated carbocycles. The molecular formula is C23H18F2N2O3. The Morgan fingerprint density at radius 3 is 2.47 bits per heavy atom. The first-order valence-electron chi connectivity index (χ1n) is 9.31. The van der Waals surface area contributed by atoms with Crippen molar-refractivity contribution in [1.29, 1.82) is 0 Å². The van der Waals surface area contributed by atoms with E-state index in [4.69, 9.17) is 4.74 Å². The van der Waals surface area contributed by atoms with Gasteiger partial charge in [-0.2, -0.15) is 0 Å². The first kappa shape index (κ1) is 19.6. The van der Waals surface area contributed by atoms with Crippen molar-refractivity contribution in [3.05, 3.63) is 89.0 Å². The van der Waals surface area contributed by atoms with Crippen LogP contribution in [0.15, 0.2) is 60.7 Å². The van der Waals surface area contributed by atoms with E-state index in [1.165, 1.54) is 0 Å². The van der Waals surface area contributed by atoms with Crippen LogP contribution >= 0.6 is 0 Å². The number of hydrogen-bond donors (Lipinski definition) is 1. The highest BCUT2D eigenvalue weighted by atomic mass is 19.1. The number of hydrogen-bond acceptors (Lipinski definition) is 3. The molecule has 0 radical (unpaired) electrons. The van der Waals surface area contributed by atoms with Gasteiger partial charge >= 0.3 is 0 Å². The Morgan fingerprint density at radius 2 is 1.77 bits per heavy atom. The molecular weight excluding hydrogens is 390 g/mol. The van der Waals surface area contributed by atoms with Crippen molar-refractivity contribution in [1.82, 2.24) is 0 Å². The molecule has 0 bridgehead atoms. The fraction of sp³-hybridized carbons (Fsp3) is 0.130. The lowest BCUT2D eigenvalue weighted by molar-refractivity contribution is 0.0987. The smallest absolute Gasteiger partial charge is 0.258 e. The van der Waals surface area contributed by atoms with Crippen LogP contribution in [0.1, 0.15) is 26.3 Å². The highest BCUT2D eigenvalue weighted by Crippen LogP contribution is 2.32. The maximum Gasteiger partial charge on any atom is 0.258 e. The summed E-state index contributed by atoms with van der Waals surface area (Å²) < 4.78 is 32.1. The molecule has 0 atom stereocenters. The second kappa shape index (κ2) is 7.94. The number of ether oxygens (including phenoxy) is 1. The van der Waals surface area contributed by atoms with E-state index in [1.807, 2.05) is 6.07 Å². The van der Waals surface area contributed by atoms with E-state index in [9.17, 15) is 18.4 Å². The minimum absolute atomic E-state index is 0.163. The van der Waals surface area contributed by atoms with Crippen molar-refractivity contribution >= 4 is 23.2 Å². The highest BCUT2D eigenvalue weighted by Gasteiger charge is 2.26. The van der Waals surface area contributed by atoms with Crippen molar-refractivity contribution in [2.45, 2.75) is 6.42 Å². The molecule has 2 amide bonds. The van der Waals surface area contributed by atoms with Crippen molar-refractivity contribution in [2.24, 2.45) is 0 Å². The highest BCUT2D eigenvalue weighted by molar-refractivity contribution is 6.08. The molecule has 5 nitrogen and oxygen atoms in total. The fourth-order valence-electron chi connectivity index (χ4n) is 3.43. The Kier molecular flexibility index (Phi) is 5.18. The number of carbonyl (C=O) groups excluding carboxylic acids is 2. The molecule has 4 rings (SSSR count). The SMILES string of the molecule is COc1ccc(C(=O)N2CCc3ccc(NC(=O)c4ccc(F)cc4F)cc32)cc1. The van der Waals surface area contributed by atoms with E-state index in [-0.39, 0.29) is 11.5 Å². The molecule has 0 unspecified atom stereocenters. The van der Waals surface area contributed by atoms with Gasteiger partial charge in [0.1, 0.15) is 17.4 Å². The molecule has 30 heavy (non-hydrogen) atoms. The van der Waals surface area contributed by atoms with Gasteiger partial charge in [0.15, 0.2) is 0 Å². The Bertz CT molecular complexity index is 1130. The number of anilines is 2. The predicted octanol–water partition coefficient (Wildman–Crippen LogP) is 4.43. The number of carbonyl (C=O) groups is 2. The number of amides is 2. The van der Waals surface area contributed by atoms with Gasteiger partial charge in [-0.15, -0.1) is 0 Å². The van der Waals surface area contributed by atoms with Crippen molar-refractivity contribution in [2.75, 3.05) is 23.9 Å². The second-order valence-corrected chi connectivity index (χ2v) is 6.86. The molecule has 152 valence electrons. The third-order valence-electron chi connectivity index (χ3n) is 5.00. The molecule has 0 aliphatic carbocycles. The van der Waals surface area contributed by atoms with Crippen LogP contribution in [0, 0.1) is 11.6 Å². The number of rotatable bonds is 4. The lowest BCUT2D eigenvalue weighted by Gasteiger charge is -2.18. The molecule has 1 aliphatic heterocycles. The van der Waals surface area contributed by atoms with Gasteiger partial charge in [-0.05, 0) is 60.5 Å². The molecule has 0 saturated heterocycles. The van der Waals surface area contributed by atoms with Gasteiger partial charge in [0.25, 0.3) is 11.8 Å². The van der Waals surface area contributed by atoms with Crippen LogP contribution < -0.4 is 15.0 Å². The summed E-state index contributed by atoms with van der Waals surface area (Å²) >= 11 is 0. The zero-order valence-corrected chi connectivity index (χ0v) is 16.1. The second-order valence-electron chi connectivity index (χ2n) is 6.86. The minimum atomic E-state index is -0.940. The van der Waals surface area contributed by atoms with Crippen LogP contribution in [-0.2, 0) is 6.42 Å². The van der Waals surface area contributed by atoms with Crippen molar-refractivity contribution < 1.29 is 23.1 Å². The summed E-state index contributed by atoms with van der Waals surface area (Å²) in [6, 6.07) is 14.8. The van der Waals surface area contributed by atoms with Crippen LogP contribution in [-0.4, -0.2) is 25.5 Å². The Morgan fingerprint density at radius 1 is 1.00 bits per heavy atom. The molecule has 7 heteroatoms. The topological polar surface area (TPSA) is 58.6 Å². The molecule has 3 aromatic rings. The van der Waals surface area contributed by atoms with Crippen molar-refractivity contribution in [3.63, 3.8) is 0 Å². The van der Waals surface area contributed by atoms with Crippen LogP contribution in [0.3, 0.4) is 0 Å². The molecule has 0 spiro atoms. The van der Waals surface area contributed by atoms with Gasteiger partial charge < -0.3 is 15.0 Å². The van der Waals surface area contributed by atoms with Crippen LogP contribution in [0.2, 0.25) is 0 Å². The summed E-state index contributed by atoms with van der Waals surface area (Å²) in [5.41, 5.74) is 2.34. The first-order chi connectivity index (χ1) is 14.5. The largest absolute Gasteiger partial charge is 0.497 e. The molecule has 3 aromatic carbocycles. The number of fused-ring (bicyclic) bond motifs is 1. The molecule has 1 N–H and O–H groups in total. The normalized spacial score (nSPS) is 12.4. The summed E-state index contributed by atoms with van der Waals surface area (Å²) in [6.45, 7) is 0.518. The Balaban J connectivity index is 1.56. The maximum absolute atomic E-state index is 13.9. The fourth-order valence-corrected chi connectivity index (χ4v) is 3.43. The summed E-state index contributed by atoms with van der Waals surface area (Å²) in [5.74, 6) is -1.89. The molecule has 1 heterocycles. The predicted molar refractivity (Wildman–Crippen MR) is 109 cm³/mol. The zero-order valence-electron chi connectivity index (χ0n) is 16.1. The molecule has 0 fully saturated rings. The average molecular weight is 408 g/mol. The van der Waals surface area contributed by atoms with E-state index in [2.05, 4.69) is 5.32 Å². The molecule has 0 aromatic heterocycles. The van der Waals surface area contributed by atoms with Crippen LogP contribution in [0.25, 0.3) is 0 Å². The van der Waals surface area contributed by atoms with Crippen molar-refractivity contribution in [3.8, 4) is 5.75 Å². The van der Waals surface area contributed by atoms with E-state index < -0.39 is 17.5 Å². The standard InChI is InChI=1S/C23H18F2N2O3/c1-30-18-7-3-15(4-8-18)23(29)27-11-10-14-2-6-17(13-21(14)27)26-22(28)19-9-5-16(24)12-20(19)25/h2-9,12-13H,10-11H2,1H3,(H,26,28). The number of benzene rings is 3. The number of nitrogens with zero attached hydrogens (tertiary/aromatic N) is 1. The van der Waals surface area contributed by atoms with Gasteiger partial charge in [-0.25, -0.2) is 8.78 Å². The monoisotopic (exact) mass is 408 g/mol. The average Bonchev–Trinajstić information content (AvgIpc) is 3.16. The van der Waals surface area contributed by atoms with E-state index >= 15 is 0 Å². The van der Waals surface area contributed by atoms with Gasteiger partial charge in [-0.3, -0.25) is 9.59 Å². The van der Waals surface area contributed by atoms with E-state index in [1.54, 1.807) is 48.4 Å². The summed E-state index contributed by atoms with van der Waals surface area (Å²) in [6.07, 6.45) is 0.693. The number of halogens is 2. The first-order valence-corrected chi connectivity index (χ1v) is 9.31.